The van der Waals surface area contributed by atoms with Crippen molar-refractivity contribution in [2.24, 2.45) is 0 Å². The Kier molecular flexibility index (Phi) is 22.4. The van der Waals surface area contributed by atoms with E-state index in [2.05, 4.69) is 42.5 Å². The second-order valence-corrected chi connectivity index (χ2v) is 11.0. The van der Waals surface area contributed by atoms with Crippen LogP contribution in [0.5, 0.6) is 0 Å². The number of hydrogen-bond donors (Lipinski definition) is 8. The Balaban J connectivity index is 2.60. The van der Waals surface area contributed by atoms with Crippen molar-refractivity contribution in [3.8, 4) is 0 Å². The minimum atomic E-state index is -0.740. The summed E-state index contributed by atoms with van der Waals surface area (Å²) in [7, 11) is 7.35. The first kappa shape index (κ1) is 39.0. The summed E-state index contributed by atoms with van der Waals surface area (Å²) >= 11 is 0. The summed E-state index contributed by atoms with van der Waals surface area (Å²) in [5.41, 5.74) is 1.000. The van der Waals surface area contributed by atoms with E-state index in [9.17, 15) is 19.2 Å². The van der Waals surface area contributed by atoms with Gasteiger partial charge in [-0.25, -0.2) is 0 Å². The highest BCUT2D eigenvalue weighted by atomic mass is 16.2. The maximum Gasteiger partial charge on any atom is 0.242 e. The van der Waals surface area contributed by atoms with Crippen LogP contribution in [0.4, 0.5) is 0 Å². The first-order chi connectivity index (χ1) is 21.4. The second-order valence-electron chi connectivity index (χ2n) is 11.0. The van der Waals surface area contributed by atoms with E-state index in [4.69, 9.17) is 0 Å². The van der Waals surface area contributed by atoms with Crippen molar-refractivity contribution < 1.29 is 19.2 Å². The van der Waals surface area contributed by atoms with Gasteiger partial charge in [0.2, 0.25) is 23.6 Å². The number of benzene rings is 1. The van der Waals surface area contributed by atoms with Gasteiger partial charge < -0.3 is 42.5 Å². The van der Waals surface area contributed by atoms with E-state index in [1.165, 1.54) is 0 Å². The minimum Gasteiger partial charge on any atom is -0.355 e. The summed E-state index contributed by atoms with van der Waals surface area (Å²) in [6.07, 6.45) is 7.08. The number of carbonyl (C=O) groups excluding carboxylic acids is 4. The van der Waals surface area contributed by atoms with Gasteiger partial charge >= 0.3 is 0 Å². The number of hydrogen-bond acceptors (Lipinski definition) is 8. The monoisotopic (exact) mass is 618 g/mol. The molecule has 1 aromatic carbocycles. The molecule has 12 heteroatoms. The molecule has 0 fully saturated rings. The van der Waals surface area contributed by atoms with E-state index in [0.29, 0.717) is 38.8 Å². The largest absolute Gasteiger partial charge is 0.355 e. The van der Waals surface area contributed by atoms with E-state index in [-0.39, 0.29) is 42.6 Å². The van der Waals surface area contributed by atoms with Gasteiger partial charge in [0.25, 0.3) is 0 Å². The van der Waals surface area contributed by atoms with Crippen LogP contribution in [0.1, 0.15) is 69.8 Å². The molecule has 0 aliphatic carbocycles. The van der Waals surface area contributed by atoms with E-state index in [0.717, 1.165) is 50.8 Å². The number of amides is 4. The van der Waals surface area contributed by atoms with Gasteiger partial charge in [-0.2, -0.15) is 0 Å². The molecule has 0 saturated carbocycles. The van der Waals surface area contributed by atoms with Gasteiger partial charge in [0, 0.05) is 26.1 Å². The zero-order chi connectivity index (χ0) is 32.4. The maximum absolute atomic E-state index is 13.1. The normalized spacial score (nSPS) is 13.0. The van der Waals surface area contributed by atoms with E-state index < -0.39 is 12.1 Å². The molecular weight excluding hydrogens is 560 g/mol. The molecule has 1 aromatic rings. The Morgan fingerprint density at radius 1 is 0.568 bits per heavy atom. The third-order valence-corrected chi connectivity index (χ3v) is 7.50. The van der Waals surface area contributed by atoms with Gasteiger partial charge in [-0.3, -0.25) is 19.2 Å². The van der Waals surface area contributed by atoms with Crippen LogP contribution in [-0.2, 0) is 25.7 Å². The van der Waals surface area contributed by atoms with E-state index in [1.54, 1.807) is 14.1 Å². The Morgan fingerprint density at radius 3 is 1.64 bits per heavy atom. The molecule has 3 atom stereocenters. The highest BCUT2D eigenvalue weighted by molar-refractivity contribution is 5.90. The molecule has 0 bridgehead atoms. The van der Waals surface area contributed by atoms with Crippen molar-refractivity contribution in [3.05, 3.63) is 35.9 Å². The SMILES string of the molecule is CNCCCC[C@H](NC)C(=O)NCCCC[C@H](NC(=O)[C@H](CCCCNC)NC)C(=O)NCCC(=O)NCc1ccccc1. The molecule has 8 N–H and O–H groups in total. The summed E-state index contributed by atoms with van der Waals surface area (Å²) < 4.78 is 0. The second kappa shape index (κ2) is 25.3. The number of unbranched alkanes of at least 4 members (excludes halogenated alkanes) is 3. The topological polar surface area (TPSA) is 165 Å². The van der Waals surface area contributed by atoms with Crippen molar-refractivity contribution in [1.82, 2.24) is 42.5 Å². The van der Waals surface area contributed by atoms with Crippen molar-refractivity contribution in [2.75, 3.05) is 54.4 Å². The van der Waals surface area contributed by atoms with Gasteiger partial charge in [-0.1, -0.05) is 43.2 Å². The molecule has 44 heavy (non-hydrogen) atoms. The molecule has 0 spiro atoms. The predicted octanol–water partition coefficient (Wildman–Crippen LogP) is 0.536. The fourth-order valence-electron chi connectivity index (χ4n) is 4.77. The zero-order valence-electron chi connectivity index (χ0n) is 27.4. The molecule has 0 unspecified atom stereocenters. The lowest BCUT2D eigenvalue weighted by Crippen LogP contribution is -2.52. The number of nitrogens with one attached hydrogen (secondary N) is 8. The van der Waals surface area contributed by atoms with Gasteiger partial charge in [0.05, 0.1) is 12.1 Å². The van der Waals surface area contributed by atoms with Crippen molar-refractivity contribution in [2.45, 2.75) is 88.9 Å². The van der Waals surface area contributed by atoms with Gasteiger partial charge in [-0.15, -0.1) is 0 Å². The van der Waals surface area contributed by atoms with Crippen LogP contribution in [0.25, 0.3) is 0 Å². The number of rotatable bonds is 26. The molecule has 12 nitrogen and oxygen atoms in total. The Morgan fingerprint density at radius 2 is 1.07 bits per heavy atom. The molecule has 0 radical (unpaired) electrons. The van der Waals surface area contributed by atoms with Crippen molar-refractivity contribution >= 4 is 23.6 Å². The average Bonchev–Trinajstić information content (AvgIpc) is 3.03. The third-order valence-electron chi connectivity index (χ3n) is 7.50. The standard InChI is InChI=1S/C32H58N8O4/c1-33-20-11-8-16-26(35-3)30(42)37-22-13-10-18-28(40-32(44)27(36-4)17-9-12-21-34-2)31(43)38-23-19-29(41)39-24-25-14-6-5-7-15-25/h5-7,14-15,26-28,33-36H,8-13,16-24H2,1-4H3,(H,37,42)(H,38,43)(H,39,41)(H,40,44)/t26-,27-,28-/m0/s1. The fourth-order valence-corrected chi connectivity index (χ4v) is 4.77. The van der Waals surface area contributed by atoms with Gasteiger partial charge in [0.1, 0.15) is 6.04 Å². The molecule has 0 aliphatic rings. The first-order valence-electron chi connectivity index (χ1n) is 16.2. The molecule has 0 aliphatic heterocycles. The molecule has 250 valence electrons. The Hall–Kier alpha value is -3.06. The van der Waals surface area contributed by atoms with Crippen LogP contribution < -0.4 is 42.5 Å². The fraction of sp³-hybridized carbons (Fsp3) is 0.688. The van der Waals surface area contributed by atoms with E-state index >= 15 is 0 Å². The van der Waals surface area contributed by atoms with Gasteiger partial charge in [-0.05, 0) is 91.8 Å². The third kappa shape index (κ3) is 17.9. The van der Waals surface area contributed by atoms with Crippen molar-refractivity contribution in [3.63, 3.8) is 0 Å². The van der Waals surface area contributed by atoms with Crippen molar-refractivity contribution in [1.29, 1.82) is 0 Å². The molecule has 0 heterocycles. The Bertz CT molecular complexity index is 934. The highest BCUT2D eigenvalue weighted by Crippen LogP contribution is 2.06. The van der Waals surface area contributed by atoms with Crippen LogP contribution in [-0.4, -0.2) is 96.1 Å². The summed E-state index contributed by atoms with van der Waals surface area (Å²) in [5, 5.41) is 24.0. The van der Waals surface area contributed by atoms with Crippen LogP contribution in [0, 0.1) is 0 Å². The summed E-state index contributed by atoms with van der Waals surface area (Å²) in [6, 6.07) is 8.24. The smallest absolute Gasteiger partial charge is 0.242 e. The zero-order valence-corrected chi connectivity index (χ0v) is 27.4. The lowest BCUT2D eigenvalue weighted by molar-refractivity contribution is -0.130. The highest BCUT2D eigenvalue weighted by Gasteiger charge is 2.24. The number of likely N-dealkylation sites (N-methyl/N-ethyl adjacent to an activating group) is 2. The molecule has 0 aromatic heterocycles. The molecular formula is C32H58N8O4. The maximum atomic E-state index is 13.1. The number of carbonyl (C=O) groups is 4. The lowest BCUT2D eigenvalue weighted by atomic mass is 10.1. The van der Waals surface area contributed by atoms with E-state index in [1.807, 2.05) is 44.4 Å². The molecule has 1 rings (SSSR count). The summed E-state index contributed by atoms with van der Waals surface area (Å²) in [5.74, 6) is -0.731. The quantitative estimate of drug-likeness (QED) is 0.0697. The van der Waals surface area contributed by atoms with Gasteiger partial charge in [0.15, 0.2) is 0 Å². The predicted molar refractivity (Wildman–Crippen MR) is 176 cm³/mol. The van der Waals surface area contributed by atoms with Crippen LogP contribution in [0.2, 0.25) is 0 Å². The van der Waals surface area contributed by atoms with Crippen LogP contribution >= 0.6 is 0 Å². The summed E-state index contributed by atoms with van der Waals surface area (Å²) in [6.45, 7) is 2.89. The van der Waals surface area contributed by atoms with Crippen LogP contribution in [0.15, 0.2) is 30.3 Å². The average molecular weight is 619 g/mol. The molecule has 0 saturated heterocycles. The summed E-state index contributed by atoms with van der Waals surface area (Å²) in [4.78, 5) is 51.1. The first-order valence-corrected chi connectivity index (χ1v) is 16.2. The van der Waals surface area contributed by atoms with Crippen LogP contribution in [0.3, 0.4) is 0 Å². The Labute approximate surface area is 264 Å². The minimum absolute atomic E-state index is 0.0276. The lowest BCUT2D eigenvalue weighted by Gasteiger charge is -2.22. The molecule has 4 amide bonds.